The highest BCUT2D eigenvalue weighted by molar-refractivity contribution is 5.80. The van der Waals surface area contributed by atoms with E-state index in [-0.39, 0.29) is 11.9 Å². The first-order chi connectivity index (χ1) is 14.8. The van der Waals surface area contributed by atoms with Crippen molar-refractivity contribution in [2.45, 2.75) is 6.04 Å². The van der Waals surface area contributed by atoms with Crippen molar-refractivity contribution in [3.05, 3.63) is 108 Å². The maximum atomic E-state index is 13.4. The second-order valence-corrected chi connectivity index (χ2v) is 7.67. The molecule has 30 heavy (non-hydrogen) atoms. The summed E-state index contributed by atoms with van der Waals surface area (Å²) >= 11 is 0. The molecule has 0 bridgehead atoms. The Morgan fingerprint density at radius 1 is 0.800 bits per heavy atom. The first-order valence-electron chi connectivity index (χ1n) is 10.3. The maximum absolute atomic E-state index is 13.4. The summed E-state index contributed by atoms with van der Waals surface area (Å²) in [4.78, 5) is 9.52. The van der Waals surface area contributed by atoms with Crippen LogP contribution in [0.5, 0.6) is 0 Å². The van der Waals surface area contributed by atoms with Gasteiger partial charge in [0.05, 0.1) is 11.6 Å². The van der Waals surface area contributed by atoms with Crippen molar-refractivity contribution in [3.8, 4) is 0 Å². The largest absolute Gasteiger partial charge is 0.354 e. The Morgan fingerprint density at radius 3 is 2.07 bits per heavy atom. The molecule has 0 unspecified atom stereocenters. The van der Waals surface area contributed by atoms with Gasteiger partial charge in [0.15, 0.2) is 0 Å². The number of nitrogens with zero attached hydrogens (tertiary/aromatic N) is 3. The number of rotatable bonds is 4. The molecule has 1 saturated heterocycles. The van der Waals surface area contributed by atoms with E-state index in [0.717, 1.165) is 42.9 Å². The first kappa shape index (κ1) is 18.8. The Morgan fingerprint density at radius 2 is 1.43 bits per heavy atom. The summed E-state index contributed by atoms with van der Waals surface area (Å²) in [5.74, 6) is 0.594. The summed E-state index contributed by atoms with van der Waals surface area (Å²) < 4.78 is 13.4. The van der Waals surface area contributed by atoms with Crippen LogP contribution in [0.25, 0.3) is 10.9 Å². The fourth-order valence-electron chi connectivity index (χ4n) is 4.27. The number of benzene rings is 3. The van der Waals surface area contributed by atoms with Crippen molar-refractivity contribution < 1.29 is 4.39 Å². The summed E-state index contributed by atoms with van der Waals surface area (Å²) in [7, 11) is 0. The zero-order valence-corrected chi connectivity index (χ0v) is 16.7. The number of piperazine rings is 1. The van der Waals surface area contributed by atoms with Crippen LogP contribution in [-0.4, -0.2) is 36.1 Å². The predicted octanol–water partition coefficient (Wildman–Crippen LogP) is 5.09. The van der Waals surface area contributed by atoms with Gasteiger partial charge in [-0.3, -0.25) is 4.90 Å². The Balaban J connectivity index is 1.37. The molecule has 5 rings (SSSR count). The van der Waals surface area contributed by atoms with Gasteiger partial charge < -0.3 is 4.90 Å². The molecule has 149 valence electrons. The van der Waals surface area contributed by atoms with Crippen LogP contribution in [0.2, 0.25) is 0 Å². The van der Waals surface area contributed by atoms with E-state index in [4.69, 9.17) is 4.98 Å². The smallest absolute Gasteiger partial charge is 0.137 e. The van der Waals surface area contributed by atoms with Crippen LogP contribution in [0.4, 0.5) is 10.2 Å². The van der Waals surface area contributed by atoms with Crippen molar-refractivity contribution >= 4 is 16.7 Å². The number of hydrogen-bond donors (Lipinski definition) is 0. The molecule has 1 fully saturated rings. The fraction of sp³-hybridized carbons (Fsp3) is 0.192. The maximum Gasteiger partial charge on any atom is 0.137 e. The summed E-state index contributed by atoms with van der Waals surface area (Å²) in [5, 5.41) is 0.783. The quantitative estimate of drug-likeness (QED) is 0.479. The topological polar surface area (TPSA) is 19.4 Å². The van der Waals surface area contributed by atoms with Gasteiger partial charge in [0.25, 0.3) is 0 Å². The molecular weight excluding hydrogens is 373 g/mol. The van der Waals surface area contributed by atoms with Crippen molar-refractivity contribution in [1.29, 1.82) is 0 Å². The number of fused-ring (bicyclic) bond motifs is 1. The van der Waals surface area contributed by atoms with Gasteiger partial charge in [-0.1, -0.05) is 60.7 Å². The van der Waals surface area contributed by atoms with E-state index in [1.54, 1.807) is 6.07 Å². The number of hydrogen-bond acceptors (Lipinski definition) is 3. The molecule has 0 N–H and O–H groups in total. The van der Waals surface area contributed by atoms with Gasteiger partial charge in [0.1, 0.15) is 11.6 Å². The minimum Gasteiger partial charge on any atom is -0.354 e. The third-order valence-corrected chi connectivity index (χ3v) is 5.78. The van der Waals surface area contributed by atoms with Crippen LogP contribution in [0.1, 0.15) is 17.2 Å². The molecule has 3 nitrogen and oxygen atoms in total. The van der Waals surface area contributed by atoms with Crippen molar-refractivity contribution in [3.63, 3.8) is 0 Å². The zero-order chi connectivity index (χ0) is 20.3. The highest BCUT2D eigenvalue weighted by atomic mass is 19.1. The van der Waals surface area contributed by atoms with E-state index in [0.29, 0.717) is 0 Å². The minimum atomic E-state index is -0.244. The lowest BCUT2D eigenvalue weighted by atomic mass is 9.96. The minimum absolute atomic E-state index is 0.242. The van der Waals surface area contributed by atoms with Gasteiger partial charge in [-0.25, -0.2) is 9.37 Å². The van der Waals surface area contributed by atoms with Crippen LogP contribution in [-0.2, 0) is 0 Å². The SMILES string of the molecule is Fc1ccc2nc(N3CCN(C(c4ccccc4)c4ccccc4)CC3)[c]cc2c1. The lowest BCUT2D eigenvalue weighted by Gasteiger charge is -2.40. The van der Waals surface area contributed by atoms with E-state index >= 15 is 0 Å². The van der Waals surface area contributed by atoms with Gasteiger partial charge >= 0.3 is 0 Å². The molecule has 1 radical (unpaired) electrons. The van der Waals surface area contributed by atoms with Gasteiger partial charge in [0.2, 0.25) is 0 Å². The Labute approximate surface area is 176 Å². The van der Waals surface area contributed by atoms with Gasteiger partial charge in [0, 0.05) is 37.6 Å². The van der Waals surface area contributed by atoms with Crippen molar-refractivity contribution in [1.82, 2.24) is 9.88 Å². The molecule has 1 aromatic heterocycles. The standard InChI is InChI=1S/C26H23FN3/c27-23-12-13-24-22(19-23)11-14-25(28-24)29-15-17-30(18-16-29)26(20-7-3-1-4-8-20)21-9-5-2-6-10-21/h1-13,19,26H,15-18H2. The van der Waals surface area contributed by atoms with Crippen LogP contribution in [0.3, 0.4) is 0 Å². The second kappa shape index (κ2) is 8.25. The van der Waals surface area contributed by atoms with E-state index in [1.165, 1.54) is 23.3 Å². The third kappa shape index (κ3) is 3.79. The molecule has 2 heterocycles. The summed E-state index contributed by atoms with van der Waals surface area (Å²) in [5.41, 5.74) is 3.43. The lowest BCUT2D eigenvalue weighted by Crippen LogP contribution is -2.48. The third-order valence-electron chi connectivity index (χ3n) is 5.78. The van der Waals surface area contributed by atoms with Crippen LogP contribution in [0, 0.1) is 11.9 Å². The molecule has 4 aromatic rings. The predicted molar refractivity (Wildman–Crippen MR) is 119 cm³/mol. The Kier molecular flexibility index (Phi) is 5.16. The molecule has 0 amide bonds. The van der Waals surface area contributed by atoms with Gasteiger partial charge in [-0.2, -0.15) is 0 Å². The molecule has 0 atom stereocenters. The van der Waals surface area contributed by atoms with E-state index < -0.39 is 0 Å². The molecule has 0 aliphatic carbocycles. The molecule has 1 aliphatic heterocycles. The average molecular weight is 396 g/mol. The highest BCUT2D eigenvalue weighted by Crippen LogP contribution is 2.30. The van der Waals surface area contributed by atoms with Crippen LogP contribution in [0.15, 0.2) is 84.9 Å². The van der Waals surface area contributed by atoms with E-state index in [9.17, 15) is 4.39 Å². The van der Waals surface area contributed by atoms with Gasteiger partial charge in [-0.15, -0.1) is 0 Å². The number of halogens is 1. The Hall–Kier alpha value is -3.24. The van der Waals surface area contributed by atoms with E-state index in [1.807, 2.05) is 6.07 Å². The van der Waals surface area contributed by atoms with E-state index in [2.05, 4.69) is 76.5 Å². The lowest BCUT2D eigenvalue weighted by molar-refractivity contribution is 0.212. The molecule has 0 saturated carbocycles. The van der Waals surface area contributed by atoms with Crippen LogP contribution < -0.4 is 4.90 Å². The van der Waals surface area contributed by atoms with Crippen molar-refractivity contribution in [2.24, 2.45) is 0 Å². The number of anilines is 1. The molecule has 0 spiro atoms. The second-order valence-electron chi connectivity index (χ2n) is 7.67. The molecule has 3 aromatic carbocycles. The zero-order valence-electron chi connectivity index (χ0n) is 16.7. The summed E-state index contributed by atoms with van der Waals surface area (Å²) in [6.45, 7) is 3.63. The summed E-state index contributed by atoms with van der Waals surface area (Å²) in [6, 6.07) is 31.4. The summed E-state index contributed by atoms with van der Waals surface area (Å²) in [6.07, 6.45) is 0. The van der Waals surface area contributed by atoms with Gasteiger partial charge in [-0.05, 0) is 35.4 Å². The van der Waals surface area contributed by atoms with Crippen molar-refractivity contribution in [2.75, 3.05) is 31.1 Å². The Bertz CT molecular complexity index is 1080. The number of aromatic nitrogens is 1. The fourth-order valence-corrected chi connectivity index (χ4v) is 4.27. The first-order valence-corrected chi connectivity index (χ1v) is 10.3. The van der Waals surface area contributed by atoms with Crippen LogP contribution >= 0.6 is 0 Å². The normalized spacial score (nSPS) is 15.1. The molecular formula is C26H23FN3. The molecule has 1 aliphatic rings. The monoisotopic (exact) mass is 396 g/mol. The average Bonchev–Trinajstić information content (AvgIpc) is 2.81. The molecule has 4 heteroatoms. The highest BCUT2D eigenvalue weighted by Gasteiger charge is 2.26. The number of pyridine rings is 1.